The van der Waals surface area contributed by atoms with Gasteiger partial charge in [0.15, 0.2) is 0 Å². The van der Waals surface area contributed by atoms with Gasteiger partial charge in [0.25, 0.3) is 5.91 Å². The zero-order chi connectivity index (χ0) is 20.1. The van der Waals surface area contributed by atoms with Crippen LogP contribution in [-0.2, 0) is 6.42 Å². The molecule has 1 heterocycles. The molecule has 0 unspecified atom stereocenters. The van der Waals surface area contributed by atoms with Gasteiger partial charge in [-0.25, -0.2) is 9.59 Å². The lowest BCUT2D eigenvalue weighted by Crippen LogP contribution is -2.39. The lowest BCUT2D eigenvalue weighted by Gasteiger charge is -2.32. The van der Waals surface area contributed by atoms with Crippen LogP contribution in [0.15, 0.2) is 48.5 Å². The number of urea groups is 1. The van der Waals surface area contributed by atoms with Crippen molar-refractivity contribution < 1.29 is 19.5 Å². The monoisotopic (exact) mass is 381 g/mol. The molecule has 0 aliphatic carbocycles. The molecule has 0 radical (unpaired) electrons. The van der Waals surface area contributed by atoms with Crippen LogP contribution < -0.4 is 11.1 Å². The first-order valence-electron chi connectivity index (χ1n) is 9.21. The van der Waals surface area contributed by atoms with Gasteiger partial charge in [-0.05, 0) is 61.1 Å². The standard InChI is InChI=1S/C21H23N3O4/c22-21(28)23-17-7-5-15(6-8-17)19(25)24-11-9-14(10-12-24)13-16-3-1-2-4-18(16)20(26)27/h1-8,14H,9-13H2,(H,26,27)(H3,22,23,28). The molecule has 28 heavy (non-hydrogen) atoms. The van der Waals surface area contributed by atoms with Crippen molar-refractivity contribution in [2.75, 3.05) is 18.4 Å². The van der Waals surface area contributed by atoms with Gasteiger partial charge in [-0.1, -0.05) is 18.2 Å². The topological polar surface area (TPSA) is 113 Å². The number of carbonyl (C=O) groups excluding carboxylic acids is 2. The number of nitrogens with two attached hydrogens (primary N) is 1. The molecule has 1 aliphatic heterocycles. The number of aromatic carboxylic acids is 1. The number of carbonyl (C=O) groups is 3. The fourth-order valence-corrected chi connectivity index (χ4v) is 3.58. The minimum absolute atomic E-state index is 0.0463. The van der Waals surface area contributed by atoms with E-state index in [1.165, 1.54) is 0 Å². The molecule has 0 spiro atoms. The van der Waals surface area contributed by atoms with Gasteiger partial charge in [0, 0.05) is 24.3 Å². The number of nitrogens with one attached hydrogen (secondary N) is 1. The third-order valence-electron chi connectivity index (χ3n) is 5.06. The van der Waals surface area contributed by atoms with E-state index in [2.05, 4.69) is 5.32 Å². The van der Waals surface area contributed by atoms with Crippen LogP contribution in [0.4, 0.5) is 10.5 Å². The second-order valence-corrected chi connectivity index (χ2v) is 6.97. The number of nitrogens with zero attached hydrogens (tertiary/aromatic N) is 1. The lowest BCUT2D eigenvalue weighted by atomic mass is 9.88. The summed E-state index contributed by atoms with van der Waals surface area (Å²) in [6.45, 7) is 1.28. The molecule has 1 fully saturated rings. The Morgan fingerprint density at radius 2 is 1.68 bits per heavy atom. The van der Waals surface area contributed by atoms with Gasteiger partial charge in [-0.15, -0.1) is 0 Å². The van der Waals surface area contributed by atoms with E-state index in [-0.39, 0.29) is 5.91 Å². The minimum atomic E-state index is -0.905. The molecule has 7 heteroatoms. The van der Waals surface area contributed by atoms with Crippen LogP contribution >= 0.6 is 0 Å². The maximum Gasteiger partial charge on any atom is 0.335 e. The number of amides is 3. The summed E-state index contributed by atoms with van der Waals surface area (Å²) in [6, 6.07) is 13.1. The number of carboxylic acids is 1. The van der Waals surface area contributed by atoms with Crippen LogP contribution in [0.1, 0.15) is 39.1 Å². The number of rotatable bonds is 5. The molecule has 4 N–H and O–H groups in total. The number of likely N-dealkylation sites (tertiary alicyclic amines) is 1. The quantitative estimate of drug-likeness (QED) is 0.739. The fraction of sp³-hybridized carbons (Fsp3) is 0.286. The summed E-state index contributed by atoms with van der Waals surface area (Å²) in [4.78, 5) is 36.7. The van der Waals surface area contributed by atoms with Crippen LogP contribution in [0.2, 0.25) is 0 Å². The molecule has 0 saturated carbocycles. The maximum atomic E-state index is 12.7. The molecule has 2 aromatic carbocycles. The highest BCUT2D eigenvalue weighted by molar-refractivity contribution is 5.95. The summed E-state index contributed by atoms with van der Waals surface area (Å²) in [5.41, 5.74) is 7.37. The summed E-state index contributed by atoms with van der Waals surface area (Å²) < 4.78 is 0. The molecule has 7 nitrogen and oxygen atoms in total. The Kier molecular flexibility index (Phi) is 5.93. The zero-order valence-electron chi connectivity index (χ0n) is 15.4. The van der Waals surface area contributed by atoms with Crippen molar-refractivity contribution in [3.63, 3.8) is 0 Å². The van der Waals surface area contributed by atoms with Crippen molar-refractivity contribution in [1.29, 1.82) is 0 Å². The number of piperidine rings is 1. The average molecular weight is 381 g/mol. The molecular formula is C21H23N3O4. The first-order valence-corrected chi connectivity index (χ1v) is 9.21. The highest BCUT2D eigenvalue weighted by Crippen LogP contribution is 2.24. The van der Waals surface area contributed by atoms with E-state index in [0.717, 1.165) is 18.4 Å². The van der Waals surface area contributed by atoms with Gasteiger partial charge in [0.1, 0.15) is 0 Å². The summed E-state index contributed by atoms with van der Waals surface area (Å²) in [7, 11) is 0. The average Bonchev–Trinajstić information content (AvgIpc) is 2.68. The lowest BCUT2D eigenvalue weighted by molar-refractivity contribution is 0.0690. The van der Waals surface area contributed by atoms with Gasteiger partial charge in [-0.3, -0.25) is 4.79 Å². The number of hydrogen-bond donors (Lipinski definition) is 3. The van der Waals surface area contributed by atoms with E-state index in [1.54, 1.807) is 36.4 Å². The first-order chi connectivity index (χ1) is 13.4. The summed E-state index contributed by atoms with van der Waals surface area (Å²) >= 11 is 0. The minimum Gasteiger partial charge on any atom is -0.478 e. The molecule has 3 rings (SSSR count). The number of carboxylic acid groups (broad SMARTS) is 1. The Morgan fingerprint density at radius 3 is 2.29 bits per heavy atom. The Bertz CT molecular complexity index is 871. The van der Waals surface area contributed by atoms with Crippen molar-refractivity contribution in [2.24, 2.45) is 11.7 Å². The van der Waals surface area contributed by atoms with E-state index < -0.39 is 12.0 Å². The third kappa shape index (κ3) is 4.68. The van der Waals surface area contributed by atoms with E-state index in [9.17, 15) is 19.5 Å². The molecule has 3 amide bonds. The Labute approximate surface area is 163 Å². The van der Waals surface area contributed by atoms with E-state index >= 15 is 0 Å². The summed E-state index contributed by atoms with van der Waals surface area (Å²) in [5, 5.41) is 11.8. The van der Waals surface area contributed by atoms with Crippen molar-refractivity contribution >= 4 is 23.6 Å². The highest BCUT2D eigenvalue weighted by Gasteiger charge is 2.24. The van der Waals surface area contributed by atoms with Crippen LogP contribution in [0.25, 0.3) is 0 Å². The van der Waals surface area contributed by atoms with Crippen molar-refractivity contribution in [1.82, 2.24) is 4.90 Å². The highest BCUT2D eigenvalue weighted by atomic mass is 16.4. The van der Waals surface area contributed by atoms with Crippen molar-refractivity contribution in [3.05, 3.63) is 65.2 Å². The summed E-state index contributed by atoms with van der Waals surface area (Å²) in [5.74, 6) is -0.598. The number of benzene rings is 2. The molecule has 0 bridgehead atoms. The van der Waals surface area contributed by atoms with Gasteiger partial charge in [0.2, 0.25) is 0 Å². The molecule has 0 atom stereocenters. The van der Waals surface area contributed by atoms with E-state index in [1.807, 2.05) is 17.0 Å². The largest absolute Gasteiger partial charge is 0.478 e. The van der Waals surface area contributed by atoms with Crippen LogP contribution in [0, 0.1) is 5.92 Å². The second kappa shape index (κ2) is 8.56. The smallest absolute Gasteiger partial charge is 0.335 e. The van der Waals surface area contributed by atoms with Gasteiger partial charge >= 0.3 is 12.0 Å². The maximum absolute atomic E-state index is 12.7. The molecule has 1 saturated heterocycles. The number of anilines is 1. The molecule has 1 aliphatic rings. The Balaban J connectivity index is 1.57. The Hall–Kier alpha value is -3.35. The number of hydrogen-bond acceptors (Lipinski definition) is 3. The fourth-order valence-electron chi connectivity index (χ4n) is 3.58. The van der Waals surface area contributed by atoms with Gasteiger partial charge in [-0.2, -0.15) is 0 Å². The predicted octanol–water partition coefficient (Wildman–Crippen LogP) is 2.97. The summed E-state index contributed by atoms with van der Waals surface area (Å²) in [6.07, 6.45) is 2.38. The Morgan fingerprint density at radius 1 is 1.04 bits per heavy atom. The van der Waals surface area contributed by atoms with Crippen LogP contribution in [-0.4, -0.2) is 41.0 Å². The SMILES string of the molecule is NC(=O)Nc1ccc(C(=O)N2CCC(Cc3ccccc3C(=O)O)CC2)cc1. The molecular weight excluding hydrogens is 358 g/mol. The zero-order valence-corrected chi connectivity index (χ0v) is 15.4. The molecule has 2 aromatic rings. The van der Waals surface area contributed by atoms with Gasteiger partial charge in [0.05, 0.1) is 5.56 Å². The molecule has 146 valence electrons. The van der Waals surface area contributed by atoms with Crippen molar-refractivity contribution in [2.45, 2.75) is 19.3 Å². The van der Waals surface area contributed by atoms with E-state index in [0.29, 0.717) is 42.2 Å². The molecule has 0 aromatic heterocycles. The van der Waals surface area contributed by atoms with E-state index in [4.69, 9.17) is 5.73 Å². The predicted molar refractivity (Wildman–Crippen MR) is 105 cm³/mol. The van der Waals surface area contributed by atoms with Crippen LogP contribution in [0.3, 0.4) is 0 Å². The van der Waals surface area contributed by atoms with Crippen molar-refractivity contribution in [3.8, 4) is 0 Å². The van der Waals surface area contributed by atoms with Crippen LogP contribution in [0.5, 0.6) is 0 Å². The second-order valence-electron chi connectivity index (χ2n) is 6.97. The first kappa shape index (κ1) is 19.4. The third-order valence-corrected chi connectivity index (χ3v) is 5.06. The van der Waals surface area contributed by atoms with Gasteiger partial charge < -0.3 is 21.1 Å². The normalized spacial score (nSPS) is 14.5. The number of primary amides is 1.